The van der Waals surface area contributed by atoms with Crippen LogP contribution >= 0.6 is 0 Å². The van der Waals surface area contributed by atoms with Gasteiger partial charge in [0, 0.05) is 55.4 Å². The Kier molecular flexibility index (Phi) is 5.11. The molecule has 3 aliphatic rings. The van der Waals surface area contributed by atoms with Crippen LogP contribution in [0.15, 0.2) is 24.3 Å². The summed E-state index contributed by atoms with van der Waals surface area (Å²) in [5.41, 5.74) is 1.92. The fraction of sp³-hybridized carbons (Fsp3) is 0.636. The zero-order chi connectivity index (χ0) is 19.0. The van der Waals surface area contributed by atoms with Crippen molar-refractivity contribution in [2.75, 3.05) is 31.1 Å². The van der Waals surface area contributed by atoms with Gasteiger partial charge in [-0.1, -0.05) is 0 Å². The summed E-state index contributed by atoms with van der Waals surface area (Å²) in [5.74, 6) is 0.808. The molecule has 0 aromatic heterocycles. The van der Waals surface area contributed by atoms with Gasteiger partial charge in [0.1, 0.15) is 0 Å². The summed E-state index contributed by atoms with van der Waals surface area (Å²) in [5, 5.41) is 0. The molecule has 1 aromatic rings. The monoisotopic (exact) mass is 369 g/mol. The topological polar surface area (TPSA) is 43.9 Å². The van der Waals surface area contributed by atoms with E-state index >= 15 is 0 Å². The highest BCUT2D eigenvalue weighted by atomic mass is 16.2. The number of carbonyl (C=O) groups excluding carboxylic acids is 2. The van der Waals surface area contributed by atoms with E-state index in [-0.39, 0.29) is 5.91 Å². The van der Waals surface area contributed by atoms with Crippen LogP contribution in [0.1, 0.15) is 56.3 Å². The number of piperazine rings is 1. The van der Waals surface area contributed by atoms with E-state index in [0.717, 1.165) is 63.1 Å². The highest BCUT2D eigenvalue weighted by Crippen LogP contribution is 2.31. The first-order chi connectivity index (χ1) is 13.0. The molecule has 27 heavy (non-hydrogen) atoms. The average Bonchev–Trinajstić information content (AvgIpc) is 3.53. The minimum atomic E-state index is 0.154. The minimum Gasteiger partial charge on any atom is -0.368 e. The number of rotatable bonds is 3. The summed E-state index contributed by atoms with van der Waals surface area (Å²) >= 11 is 0. The van der Waals surface area contributed by atoms with E-state index in [0.29, 0.717) is 23.9 Å². The van der Waals surface area contributed by atoms with Crippen molar-refractivity contribution in [1.29, 1.82) is 0 Å². The fourth-order valence-corrected chi connectivity index (χ4v) is 4.56. The zero-order valence-corrected chi connectivity index (χ0v) is 16.6. The van der Waals surface area contributed by atoms with Crippen LogP contribution in [0.5, 0.6) is 0 Å². The molecule has 4 rings (SSSR count). The van der Waals surface area contributed by atoms with Crippen molar-refractivity contribution < 1.29 is 9.59 Å². The highest BCUT2D eigenvalue weighted by Gasteiger charge is 2.34. The summed E-state index contributed by atoms with van der Waals surface area (Å²) in [6.45, 7) is 7.66. The Bertz CT molecular complexity index is 680. The lowest BCUT2D eigenvalue weighted by molar-refractivity contribution is -0.132. The van der Waals surface area contributed by atoms with Gasteiger partial charge in [0.2, 0.25) is 5.91 Å². The molecule has 0 spiro atoms. The SMILES string of the molecule is CC1CCCC(C)N1C(=O)c1ccc(N2CCN(C(=O)C3CC3)CC2)cc1. The predicted molar refractivity (Wildman–Crippen MR) is 107 cm³/mol. The van der Waals surface area contributed by atoms with Gasteiger partial charge in [0.25, 0.3) is 5.91 Å². The fourth-order valence-electron chi connectivity index (χ4n) is 4.56. The van der Waals surface area contributed by atoms with Crippen LogP contribution in [0.4, 0.5) is 5.69 Å². The van der Waals surface area contributed by atoms with Crippen molar-refractivity contribution >= 4 is 17.5 Å². The third-order valence-electron chi connectivity index (χ3n) is 6.43. The number of anilines is 1. The standard InChI is InChI=1S/C22H31N3O2/c1-16-4-3-5-17(2)25(16)22(27)19-8-10-20(11-9-19)23-12-14-24(15-13-23)21(26)18-6-7-18/h8-11,16-18H,3-7,12-15H2,1-2H3. The summed E-state index contributed by atoms with van der Waals surface area (Å²) in [4.78, 5) is 31.5. The van der Waals surface area contributed by atoms with Crippen molar-refractivity contribution in [2.24, 2.45) is 5.92 Å². The Morgan fingerprint density at radius 2 is 1.44 bits per heavy atom. The molecule has 1 aromatic carbocycles. The Hall–Kier alpha value is -2.04. The normalized spacial score (nSPS) is 26.2. The van der Waals surface area contributed by atoms with Crippen LogP contribution < -0.4 is 4.90 Å². The van der Waals surface area contributed by atoms with Gasteiger partial charge < -0.3 is 14.7 Å². The molecule has 5 heteroatoms. The largest absolute Gasteiger partial charge is 0.368 e. The van der Waals surface area contributed by atoms with Crippen LogP contribution in [0.3, 0.4) is 0 Å². The summed E-state index contributed by atoms with van der Waals surface area (Å²) in [6, 6.07) is 8.69. The van der Waals surface area contributed by atoms with Gasteiger partial charge in [-0.2, -0.15) is 0 Å². The number of hydrogen-bond acceptors (Lipinski definition) is 3. The van der Waals surface area contributed by atoms with Crippen LogP contribution in [0, 0.1) is 5.92 Å². The first-order valence-corrected chi connectivity index (χ1v) is 10.5. The number of benzene rings is 1. The van der Waals surface area contributed by atoms with E-state index in [2.05, 4.69) is 35.8 Å². The number of nitrogens with zero attached hydrogens (tertiary/aromatic N) is 3. The van der Waals surface area contributed by atoms with Crippen molar-refractivity contribution in [2.45, 2.75) is 58.0 Å². The maximum absolute atomic E-state index is 13.0. The molecule has 3 fully saturated rings. The molecule has 0 radical (unpaired) electrons. The van der Waals surface area contributed by atoms with Gasteiger partial charge in [0.15, 0.2) is 0 Å². The number of piperidine rings is 1. The maximum atomic E-state index is 13.0. The highest BCUT2D eigenvalue weighted by molar-refractivity contribution is 5.95. The molecule has 2 aliphatic heterocycles. The summed E-state index contributed by atoms with van der Waals surface area (Å²) in [6.07, 6.45) is 5.54. The molecule has 2 heterocycles. The maximum Gasteiger partial charge on any atom is 0.254 e. The Balaban J connectivity index is 1.37. The first-order valence-electron chi connectivity index (χ1n) is 10.5. The molecule has 0 N–H and O–H groups in total. The molecular weight excluding hydrogens is 338 g/mol. The first kappa shape index (κ1) is 18.3. The smallest absolute Gasteiger partial charge is 0.254 e. The third-order valence-corrected chi connectivity index (χ3v) is 6.43. The van der Waals surface area contributed by atoms with Crippen molar-refractivity contribution in [3.8, 4) is 0 Å². The van der Waals surface area contributed by atoms with Gasteiger partial charge in [-0.3, -0.25) is 9.59 Å². The van der Waals surface area contributed by atoms with Gasteiger partial charge in [-0.15, -0.1) is 0 Å². The molecule has 2 saturated heterocycles. The summed E-state index contributed by atoms with van der Waals surface area (Å²) < 4.78 is 0. The van der Waals surface area contributed by atoms with Gasteiger partial charge >= 0.3 is 0 Å². The van der Waals surface area contributed by atoms with E-state index < -0.39 is 0 Å². The lowest BCUT2D eigenvalue weighted by atomic mass is 9.96. The lowest BCUT2D eigenvalue weighted by Crippen LogP contribution is -2.49. The van der Waals surface area contributed by atoms with E-state index in [1.165, 1.54) is 6.42 Å². The predicted octanol–water partition coefficient (Wildman–Crippen LogP) is 3.15. The van der Waals surface area contributed by atoms with Gasteiger partial charge in [-0.25, -0.2) is 0 Å². The number of amides is 2. The van der Waals surface area contributed by atoms with Crippen LogP contribution in [-0.2, 0) is 4.79 Å². The molecule has 2 amide bonds. The lowest BCUT2D eigenvalue weighted by Gasteiger charge is -2.39. The van der Waals surface area contributed by atoms with Gasteiger partial charge in [-0.05, 0) is 70.2 Å². The molecular formula is C22H31N3O2. The second-order valence-corrected chi connectivity index (χ2v) is 8.47. The minimum absolute atomic E-state index is 0.154. The number of carbonyl (C=O) groups is 2. The number of likely N-dealkylation sites (tertiary alicyclic amines) is 1. The molecule has 146 valence electrons. The second-order valence-electron chi connectivity index (χ2n) is 8.47. The van der Waals surface area contributed by atoms with E-state index in [9.17, 15) is 9.59 Å². The van der Waals surface area contributed by atoms with Crippen molar-refractivity contribution in [3.05, 3.63) is 29.8 Å². The van der Waals surface area contributed by atoms with Crippen molar-refractivity contribution in [3.63, 3.8) is 0 Å². The zero-order valence-electron chi connectivity index (χ0n) is 16.6. The molecule has 2 atom stereocenters. The Labute approximate surface area is 162 Å². The quantitative estimate of drug-likeness (QED) is 0.822. The van der Waals surface area contributed by atoms with E-state index in [1.807, 2.05) is 17.0 Å². The van der Waals surface area contributed by atoms with Crippen LogP contribution in [0.25, 0.3) is 0 Å². The molecule has 1 saturated carbocycles. The van der Waals surface area contributed by atoms with E-state index in [4.69, 9.17) is 0 Å². The second kappa shape index (κ2) is 7.53. The summed E-state index contributed by atoms with van der Waals surface area (Å²) in [7, 11) is 0. The van der Waals surface area contributed by atoms with Crippen molar-refractivity contribution in [1.82, 2.24) is 9.80 Å². The third kappa shape index (κ3) is 3.83. The number of hydrogen-bond donors (Lipinski definition) is 0. The van der Waals surface area contributed by atoms with Gasteiger partial charge in [0.05, 0.1) is 0 Å². The Morgan fingerprint density at radius 3 is 2.00 bits per heavy atom. The molecule has 5 nitrogen and oxygen atoms in total. The molecule has 2 unspecified atom stereocenters. The average molecular weight is 370 g/mol. The molecule has 1 aliphatic carbocycles. The van der Waals surface area contributed by atoms with Crippen LogP contribution in [0.2, 0.25) is 0 Å². The van der Waals surface area contributed by atoms with Crippen LogP contribution in [-0.4, -0.2) is 59.9 Å². The molecule has 0 bridgehead atoms. The Morgan fingerprint density at radius 1 is 0.852 bits per heavy atom. The van der Waals surface area contributed by atoms with E-state index in [1.54, 1.807) is 0 Å².